The molecule has 0 rings (SSSR count). The molecule has 0 aromatic carbocycles. The summed E-state index contributed by atoms with van der Waals surface area (Å²) in [4.78, 5) is 34.2. The first-order chi connectivity index (χ1) is 6.65. The smallest absolute Gasteiger partial charge is 0.289 e. The van der Waals surface area contributed by atoms with Crippen LogP contribution in [-0.4, -0.2) is 37.2 Å². The van der Waals surface area contributed by atoms with Gasteiger partial charge in [-0.05, 0) is 13.1 Å². The molecule has 0 aromatic rings. The highest BCUT2D eigenvalue weighted by molar-refractivity contribution is 6.73. The molecule has 86 valence electrons. The van der Waals surface area contributed by atoms with Gasteiger partial charge < -0.3 is 4.43 Å². The van der Waals surface area contributed by atoms with Crippen LogP contribution in [0.5, 0.6) is 0 Å². The van der Waals surface area contributed by atoms with Crippen molar-refractivity contribution in [3.8, 4) is 0 Å². The molecule has 6 heteroatoms. The molecule has 0 aliphatic heterocycles. The second kappa shape index (κ2) is 5.06. The summed E-state index contributed by atoms with van der Waals surface area (Å²) in [5.74, 6) is -1.02. The van der Waals surface area contributed by atoms with Crippen molar-refractivity contribution in [2.45, 2.75) is 33.9 Å². The summed E-state index contributed by atoms with van der Waals surface area (Å²) < 4.78 is 5.12. The van der Waals surface area contributed by atoms with E-state index in [4.69, 9.17) is 4.43 Å². The number of rotatable bonds is 3. The van der Waals surface area contributed by atoms with E-state index >= 15 is 0 Å². The first kappa shape index (κ1) is 13.8. The van der Waals surface area contributed by atoms with Crippen molar-refractivity contribution in [3.63, 3.8) is 0 Å². The predicted octanol–water partition coefficient (Wildman–Crippen LogP) is 0.689. The van der Waals surface area contributed by atoms with Gasteiger partial charge in [0.1, 0.15) is 0 Å². The van der Waals surface area contributed by atoms with Crippen molar-refractivity contribution in [1.82, 2.24) is 4.90 Å². The van der Waals surface area contributed by atoms with E-state index < -0.39 is 8.32 Å². The second-order valence-corrected chi connectivity index (χ2v) is 8.02. The molecule has 0 heterocycles. The van der Waals surface area contributed by atoms with E-state index in [9.17, 15) is 14.4 Å². The van der Waals surface area contributed by atoms with Gasteiger partial charge in [-0.3, -0.25) is 19.3 Å². The average Bonchev–Trinajstić information content (AvgIpc) is 1.96. The Kier molecular flexibility index (Phi) is 4.67. The molecule has 0 bridgehead atoms. The van der Waals surface area contributed by atoms with Crippen LogP contribution in [0.15, 0.2) is 0 Å². The minimum absolute atomic E-state index is 0.206. The second-order valence-electron chi connectivity index (χ2n) is 3.98. The van der Waals surface area contributed by atoms with Crippen LogP contribution < -0.4 is 0 Å². The van der Waals surface area contributed by atoms with Crippen LogP contribution in [0.1, 0.15) is 20.8 Å². The van der Waals surface area contributed by atoms with E-state index in [0.29, 0.717) is 0 Å². The fourth-order valence-corrected chi connectivity index (χ4v) is 3.30. The van der Waals surface area contributed by atoms with E-state index in [1.165, 1.54) is 20.8 Å². The van der Waals surface area contributed by atoms with Crippen LogP contribution >= 0.6 is 0 Å². The van der Waals surface area contributed by atoms with Crippen molar-refractivity contribution < 1.29 is 18.8 Å². The number of hydrogen-bond acceptors (Lipinski definition) is 4. The number of carbonyl (C=O) groups excluding carboxylic acids is 3. The van der Waals surface area contributed by atoms with E-state index in [1.807, 2.05) is 0 Å². The molecule has 2 amide bonds. The number of amides is 2. The number of nitrogens with zero attached hydrogens (tertiary/aromatic N) is 1. The van der Waals surface area contributed by atoms with Gasteiger partial charge in [0.2, 0.25) is 11.8 Å². The van der Waals surface area contributed by atoms with Crippen molar-refractivity contribution in [2.75, 3.05) is 6.17 Å². The fraction of sp³-hybridized carbons (Fsp3) is 0.667. The van der Waals surface area contributed by atoms with Crippen molar-refractivity contribution in [3.05, 3.63) is 0 Å². The lowest BCUT2D eigenvalue weighted by Gasteiger charge is -2.27. The summed E-state index contributed by atoms with van der Waals surface area (Å²) in [6.07, 6.45) is 0.206. The maximum atomic E-state index is 11.1. The van der Waals surface area contributed by atoms with Crippen molar-refractivity contribution >= 4 is 26.1 Å². The van der Waals surface area contributed by atoms with Crippen LogP contribution in [0.3, 0.4) is 0 Å². The van der Waals surface area contributed by atoms with Gasteiger partial charge in [0, 0.05) is 20.8 Å². The number of carbonyl (C=O) groups is 3. The predicted molar refractivity (Wildman–Crippen MR) is 57.3 cm³/mol. The van der Waals surface area contributed by atoms with Gasteiger partial charge in [0.15, 0.2) is 0 Å². The average molecular weight is 231 g/mol. The lowest BCUT2D eigenvalue weighted by atomic mass is 10.5. The molecule has 15 heavy (non-hydrogen) atoms. The minimum Gasteiger partial charge on any atom is -0.518 e. The standard InChI is InChI=1S/C9H17NO4Si/c1-7(11)10(8(2)12)6-15(4,5)14-9(3)13/h6H2,1-5H3. The van der Waals surface area contributed by atoms with Crippen LogP contribution in [0, 0.1) is 0 Å². The Morgan fingerprint density at radius 3 is 1.73 bits per heavy atom. The molecule has 0 aliphatic rings. The topological polar surface area (TPSA) is 63.7 Å². The van der Waals surface area contributed by atoms with Crippen LogP contribution in [0.25, 0.3) is 0 Å². The summed E-state index contributed by atoms with van der Waals surface area (Å²) in [5, 5.41) is 0. The minimum atomic E-state index is -2.32. The normalized spacial score (nSPS) is 10.7. The molecule has 0 spiro atoms. The molecule has 0 radical (unpaired) electrons. The highest BCUT2D eigenvalue weighted by atomic mass is 28.4. The third-order valence-electron chi connectivity index (χ3n) is 1.72. The van der Waals surface area contributed by atoms with Gasteiger partial charge >= 0.3 is 0 Å². The third kappa shape index (κ3) is 5.31. The molecule has 0 N–H and O–H groups in total. The summed E-state index contributed by atoms with van der Waals surface area (Å²) in [7, 11) is -2.32. The van der Waals surface area contributed by atoms with E-state index in [1.54, 1.807) is 13.1 Å². The Balaban J connectivity index is 4.59. The van der Waals surface area contributed by atoms with Gasteiger partial charge in [-0.25, -0.2) is 0 Å². The highest BCUT2D eigenvalue weighted by Gasteiger charge is 2.31. The summed E-state index contributed by atoms with van der Waals surface area (Å²) >= 11 is 0. The zero-order valence-electron chi connectivity index (χ0n) is 9.79. The zero-order valence-corrected chi connectivity index (χ0v) is 10.8. The number of imide groups is 1. The summed E-state index contributed by atoms with van der Waals surface area (Å²) in [5.41, 5.74) is 0. The van der Waals surface area contributed by atoms with Gasteiger partial charge in [0.25, 0.3) is 14.3 Å². The van der Waals surface area contributed by atoms with Gasteiger partial charge in [-0.1, -0.05) is 0 Å². The highest BCUT2D eigenvalue weighted by Crippen LogP contribution is 2.08. The Morgan fingerprint density at radius 2 is 1.47 bits per heavy atom. The first-order valence-corrected chi connectivity index (χ1v) is 7.75. The molecule has 0 fully saturated rings. The fourth-order valence-electron chi connectivity index (χ4n) is 1.25. The maximum absolute atomic E-state index is 11.1. The molecular formula is C9H17NO4Si. The Morgan fingerprint density at radius 1 is 1.07 bits per heavy atom. The molecule has 0 atom stereocenters. The third-order valence-corrected chi connectivity index (χ3v) is 3.64. The molecule has 0 saturated carbocycles. The molecule has 0 aliphatic carbocycles. The van der Waals surface area contributed by atoms with Crippen molar-refractivity contribution in [1.29, 1.82) is 0 Å². The van der Waals surface area contributed by atoms with Gasteiger partial charge in [0.05, 0.1) is 6.17 Å². The largest absolute Gasteiger partial charge is 0.518 e. The summed E-state index contributed by atoms with van der Waals surface area (Å²) in [6.45, 7) is 7.53. The lowest BCUT2D eigenvalue weighted by Crippen LogP contribution is -2.49. The molecule has 0 aromatic heterocycles. The van der Waals surface area contributed by atoms with Gasteiger partial charge in [-0.15, -0.1) is 0 Å². The van der Waals surface area contributed by atoms with Crippen LogP contribution in [0.4, 0.5) is 0 Å². The summed E-state index contributed by atoms with van der Waals surface area (Å²) in [6, 6.07) is 0. The zero-order chi connectivity index (χ0) is 12.2. The SMILES string of the molecule is CC(=O)O[Si](C)(C)CN(C(C)=O)C(C)=O. The number of hydrogen-bond donors (Lipinski definition) is 0. The van der Waals surface area contributed by atoms with Crippen LogP contribution in [-0.2, 0) is 18.8 Å². The van der Waals surface area contributed by atoms with E-state index in [-0.39, 0.29) is 24.0 Å². The molecular weight excluding hydrogens is 214 g/mol. The van der Waals surface area contributed by atoms with E-state index in [2.05, 4.69) is 0 Å². The van der Waals surface area contributed by atoms with Crippen LogP contribution in [0.2, 0.25) is 13.1 Å². The maximum Gasteiger partial charge on any atom is 0.289 e. The Labute approximate surface area is 90.5 Å². The monoisotopic (exact) mass is 231 g/mol. The molecule has 0 saturated heterocycles. The molecule has 0 unspecified atom stereocenters. The van der Waals surface area contributed by atoms with Gasteiger partial charge in [-0.2, -0.15) is 0 Å². The van der Waals surface area contributed by atoms with Crippen molar-refractivity contribution in [2.24, 2.45) is 0 Å². The Bertz CT molecular complexity index is 274. The Hall–Kier alpha value is -1.17. The van der Waals surface area contributed by atoms with E-state index in [0.717, 1.165) is 4.90 Å². The lowest BCUT2D eigenvalue weighted by molar-refractivity contribution is -0.142. The molecule has 5 nitrogen and oxygen atoms in total. The quantitative estimate of drug-likeness (QED) is 0.670. The first-order valence-electron chi connectivity index (χ1n) is 4.64.